The lowest BCUT2D eigenvalue weighted by molar-refractivity contribution is 0.0981. The number of nitrogens with one attached hydrogen (secondary N) is 1. The van der Waals surface area contributed by atoms with Crippen LogP contribution in [0.15, 0.2) is 30.5 Å². The molecule has 4 aromatic heterocycles. The van der Waals surface area contributed by atoms with Crippen molar-refractivity contribution in [1.29, 1.82) is 0 Å². The first kappa shape index (κ1) is 31.1. The van der Waals surface area contributed by atoms with Crippen LogP contribution in [0.4, 0.5) is 11.4 Å². The molecule has 11 heteroatoms. The van der Waals surface area contributed by atoms with Crippen LogP contribution in [0.3, 0.4) is 0 Å². The van der Waals surface area contributed by atoms with Gasteiger partial charge in [0.2, 0.25) is 0 Å². The van der Waals surface area contributed by atoms with Crippen molar-refractivity contribution in [3.8, 4) is 5.88 Å². The number of rotatable bonds is 14. The van der Waals surface area contributed by atoms with E-state index in [-0.39, 0.29) is 0 Å². The first-order chi connectivity index (χ1) is 20.7. The molecule has 0 aliphatic carbocycles. The van der Waals surface area contributed by atoms with Gasteiger partial charge in [-0.25, -0.2) is 9.03 Å². The Bertz CT molecular complexity index is 1530. The molecule has 1 fully saturated rings. The van der Waals surface area contributed by atoms with Gasteiger partial charge in [-0.15, -0.1) is 5.10 Å². The summed E-state index contributed by atoms with van der Waals surface area (Å²) in [7, 11) is 8.41. The Morgan fingerprint density at radius 3 is 2.28 bits per heavy atom. The number of ether oxygens (including phenoxy) is 1. The van der Waals surface area contributed by atoms with Crippen LogP contribution in [-0.2, 0) is 17.7 Å². The van der Waals surface area contributed by atoms with Crippen molar-refractivity contribution in [1.82, 2.24) is 33.9 Å². The maximum atomic E-state index is 6.63. The maximum absolute atomic E-state index is 6.63. The van der Waals surface area contributed by atoms with Crippen LogP contribution in [0.2, 0.25) is 0 Å². The lowest BCUT2D eigenvalue weighted by Crippen LogP contribution is -2.36. The monoisotopic (exact) mass is 591 g/mol. The van der Waals surface area contributed by atoms with Gasteiger partial charge in [-0.3, -0.25) is 15.2 Å². The first-order valence-electron chi connectivity index (χ1n) is 15.5. The van der Waals surface area contributed by atoms with Crippen LogP contribution in [0.25, 0.3) is 11.0 Å². The molecule has 0 amide bonds. The summed E-state index contributed by atoms with van der Waals surface area (Å²) in [6.07, 6.45) is 4.80. The molecule has 0 spiro atoms. The van der Waals surface area contributed by atoms with Gasteiger partial charge >= 0.3 is 0 Å². The van der Waals surface area contributed by atoms with Gasteiger partial charge in [0, 0.05) is 37.1 Å². The highest BCUT2D eigenvalue weighted by Gasteiger charge is 2.26. The lowest BCUT2D eigenvalue weighted by atomic mass is 10.1. The molecular weight excluding hydrogens is 542 g/mol. The van der Waals surface area contributed by atoms with Crippen LogP contribution in [0, 0.1) is 13.8 Å². The second-order valence-corrected chi connectivity index (χ2v) is 12.0. The van der Waals surface area contributed by atoms with Gasteiger partial charge in [-0.05, 0) is 91.1 Å². The fourth-order valence-electron chi connectivity index (χ4n) is 5.81. The smallest absolute Gasteiger partial charge is 0.259 e. The Hall–Kier alpha value is -3.38. The molecule has 234 valence electrons. The number of aromatic nitrogens is 4. The Kier molecular flexibility index (Phi) is 9.75. The Balaban J connectivity index is 1.53. The number of likely N-dealkylation sites (N-methyl/N-ethyl adjacent to an activating group) is 2. The van der Waals surface area contributed by atoms with Gasteiger partial charge in [-0.1, -0.05) is 26.0 Å². The number of aryl methyl sites for hydroxylation is 4. The van der Waals surface area contributed by atoms with E-state index in [9.17, 15) is 0 Å². The van der Waals surface area contributed by atoms with Gasteiger partial charge in [0.05, 0.1) is 23.8 Å². The molecule has 0 radical (unpaired) electrons. The summed E-state index contributed by atoms with van der Waals surface area (Å²) in [5, 5.41) is 11.5. The Morgan fingerprint density at radius 2 is 1.63 bits per heavy atom. The fraction of sp³-hybridized carbons (Fsp3) is 0.562. The highest BCUT2D eigenvalue weighted by molar-refractivity contribution is 5.84. The van der Waals surface area contributed by atoms with E-state index in [1.807, 2.05) is 29.3 Å². The molecular formula is C32H49N9O2. The molecule has 0 aromatic carbocycles. The quantitative estimate of drug-likeness (QED) is 0.219. The number of fused-ring (bicyclic) bond motifs is 2. The summed E-state index contributed by atoms with van der Waals surface area (Å²) >= 11 is 0. The minimum Gasteiger partial charge on any atom is -0.474 e. The van der Waals surface area contributed by atoms with Gasteiger partial charge in [-0.2, -0.15) is 10.3 Å². The highest BCUT2D eigenvalue weighted by Crippen LogP contribution is 2.35. The summed E-state index contributed by atoms with van der Waals surface area (Å²) in [5.41, 5.74) is 11.8. The molecule has 11 nitrogen and oxygen atoms in total. The van der Waals surface area contributed by atoms with Crippen molar-refractivity contribution < 1.29 is 9.57 Å². The molecule has 5 heterocycles. The van der Waals surface area contributed by atoms with E-state index in [0.717, 1.165) is 72.8 Å². The van der Waals surface area contributed by atoms with E-state index < -0.39 is 0 Å². The number of hydrogen-bond acceptors (Lipinski definition) is 9. The highest BCUT2D eigenvalue weighted by atomic mass is 16.7. The molecule has 1 saturated heterocycles. The summed E-state index contributed by atoms with van der Waals surface area (Å²) in [4.78, 5) is 13.5. The standard InChI is InChI=1S/C32H49N9O2/c1-9-25-13-11-23(3)39-30(25)28(21-33-39)41(43-20-18-38-16-15-27(22-38)37(7)8)34-29-31-26(10-2)14-12-24(4)40(31)35-32(29)42-19-17-36(5)6/h11-14,21,27,34H,9-10,15-20,22H2,1-8H3. The largest absolute Gasteiger partial charge is 0.474 e. The average Bonchev–Trinajstić information content (AvgIpc) is 3.72. The first-order valence-corrected chi connectivity index (χ1v) is 15.5. The molecule has 43 heavy (non-hydrogen) atoms. The van der Waals surface area contributed by atoms with Crippen molar-refractivity contribution in [2.45, 2.75) is 53.0 Å². The predicted octanol–water partition coefficient (Wildman–Crippen LogP) is 4.07. The van der Waals surface area contributed by atoms with Crippen molar-refractivity contribution in [3.63, 3.8) is 0 Å². The van der Waals surface area contributed by atoms with Gasteiger partial charge in [0.25, 0.3) is 5.88 Å². The molecule has 4 aromatic rings. The number of pyridine rings is 2. The third kappa shape index (κ3) is 6.59. The Morgan fingerprint density at radius 1 is 0.930 bits per heavy atom. The zero-order chi connectivity index (χ0) is 30.7. The molecule has 0 saturated carbocycles. The topological polar surface area (TPSA) is 78.0 Å². The second kappa shape index (κ2) is 13.5. The summed E-state index contributed by atoms with van der Waals surface area (Å²) < 4.78 is 10.3. The number of hydrogen-bond donors (Lipinski definition) is 1. The number of hydrazine groups is 1. The van der Waals surface area contributed by atoms with Crippen LogP contribution < -0.4 is 15.3 Å². The normalized spacial score (nSPS) is 15.9. The molecule has 1 unspecified atom stereocenters. The van der Waals surface area contributed by atoms with Crippen molar-refractivity contribution in [3.05, 3.63) is 53.0 Å². The van der Waals surface area contributed by atoms with Crippen LogP contribution >= 0.6 is 0 Å². The van der Waals surface area contributed by atoms with Crippen molar-refractivity contribution in [2.75, 3.05) is 78.2 Å². The van der Waals surface area contributed by atoms with E-state index in [2.05, 4.69) is 86.2 Å². The third-order valence-electron chi connectivity index (χ3n) is 8.51. The van der Waals surface area contributed by atoms with E-state index in [0.29, 0.717) is 25.1 Å². The maximum Gasteiger partial charge on any atom is 0.259 e. The summed E-state index contributed by atoms with van der Waals surface area (Å²) in [5.74, 6) is 0.552. The Labute approximate surface area is 255 Å². The zero-order valence-electron chi connectivity index (χ0n) is 27.2. The van der Waals surface area contributed by atoms with Gasteiger partial charge < -0.3 is 14.5 Å². The van der Waals surface area contributed by atoms with E-state index in [1.54, 1.807) is 5.17 Å². The predicted molar refractivity (Wildman–Crippen MR) is 173 cm³/mol. The van der Waals surface area contributed by atoms with Gasteiger partial charge in [0.15, 0.2) is 0 Å². The zero-order valence-corrected chi connectivity index (χ0v) is 27.2. The molecule has 1 aliphatic heterocycles. The third-order valence-corrected chi connectivity index (χ3v) is 8.51. The number of likely N-dealkylation sites (tertiary alicyclic amines) is 1. The molecule has 1 aliphatic rings. The number of nitrogens with zero attached hydrogens (tertiary/aromatic N) is 8. The minimum absolute atomic E-state index is 0.519. The van der Waals surface area contributed by atoms with Crippen molar-refractivity contribution >= 4 is 22.4 Å². The molecule has 5 rings (SSSR count). The van der Waals surface area contributed by atoms with Gasteiger partial charge in [0.1, 0.15) is 18.0 Å². The second-order valence-electron chi connectivity index (χ2n) is 12.0. The van der Waals surface area contributed by atoms with Crippen molar-refractivity contribution in [2.24, 2.45) is 0 Å². The van der Waals surface area contributed by atoms with Crippen LogP contribution in [-0.4, -0.2) is 108 Å². The average molecular weight is 592 g/mol. The van der Waals surface area contributed by atoms with E-state index in [4.69, 9.17) is 19.8 Å². The SMILES string of the molecule is CCc1ccc(C)n2ncc(N(Nc3c(OCCN(C)C)nn4c(C)ccc(CC)c34)OCCN3CCC(N(C)C)C3)c12. The van der Waals surface area contributed by atoms with E-state index in [1.165, 1.54) is 17.5 Å². The molecule has 1 N–H and O–H groups in total. The fourth-order valence-corrected chi connectivity index (χ4v) is 5.81. The summed E-state index contributed by atoms with van der Waals surface area (Å²) in [6.45, 7) is 13.3. The minimum atomic E-state index is 0.519. The number of anilines is 2. The molecule has 0 bridgehead atoms. The van der Waals surface area contributed by atoms with Crippen LogP contribution in [0.1, 0.15) is 42.8 Å². The summed E-state index contributed by atoms with van der Waals surface area (Å²) in [6, 6.07) is 9.17. The molecule has 1 atom stereocenters. The van der Waals surface area contributed by atoms with Crippen LogP contribution in [0.5, 0.6) is 5.88 Å². The lowest BCUT2D eigenvalue weighted by Gasteiger charge is -2.26. The van der Waals surface area contributed by atoms with E-state index >= 15 is 0 Å².